The maximum Gasteiger partial charge on any atom is 0.232 e. The fraction of sp³-hybridized carbons (Fsp3) is 0. The number of hydrogen-bond acceptors (Lipinski definition) is 13. The van der Waals surface area contributed by atoms with E-state index in [9.17, 15) is 31.0 Å². The number of halogens is 2. The van der Waals surface area contributed by atoms with E-state index in [4.69, 9.17) is 23.2 Å². The average Bonchev–Trinajstić information content (AvgIpc) is 2.76. The van der Waals surface area contributed by atoms with Crippen LogP contribution < -0.4 is 5.32 Å². The second kappa shape index (κ2) is 9.53. The number of phenolic OH excluding ortho intramolecular Hbond substituents is 1. The van der Waals surface area contributed by atoms with Crippen molar-refractivity contribution in [3.05, 3.63) is 59.1 Å². The maximum absolute atomic E-state index is 12.0. The zero-order valence-corrected chi connectivity index (χ0v) is 20.5. The summed E-state index contributed by atoms with van der Waals surface area (Å²) in [6.07, 6.45) is 0. The fourth-order valence-electron chi connectivity index (χ4n) is 3.09. The van der Waals surface area contributed by atoms with Gasteiger partial charge in [0.2, 0.25) is 16.5 Å². The predicted octanol–water partition coefficient (Wildman–Crippen LogP) is 4.00. The molecule has 2 N–H and O–H groups in total. The van der Waals surface area contributed by atoms with E-state index >= 15 is 0 Å². The number of aromatic nitrogens is 3. The Morgan fingerprint density at radius 3 is 2.08 bits per heavy atom. The van der Waals surface area contributed by atoms with E-state index in [-0.39, 0.29) is 38.7 Å². The van der Waals surface area contributed by atoms with Gasteiger partial charge in [-0.05, 0) is 58.9 Å². The molecule has 0 aliphatic rings. The highest BCUT2D eigenvalue weighted by Crippen LogP contribution is 2.45. The molecule has 0 bridgehead atoms. The van der Waals surface area contributed by atoms with E-state index in [1.807, 2.05) is 0 Å². The van der Waals surface area contributed by atoms with Crippen molar-refractivity contribution in [2.45, 2.75) is 9.79 Å². The third-order valence-electron chi connectivity index (χ3n) is 4.53. The van der Waals surface area contributed by atoms with Crippen molar-refractivity contribution < 1.29 is 31.0 Å². The molecule has 3 aromatic carbocycles. The Morgan fingerprint density at radius 2 is 1.50 bits per heavy atom. The third kappa shape index (κ3) is 5.51. The quantitative estimate of drug-likeness (QED) is 0.250. The third-order valence-corrected chi connectivity index (χ3v) is 6.53. The van der Waals surface area contributed by atoms with Crippen molar-refractivity contribution in [2.24, 2.45) is 10.2 Å². The molecule has 0 atom stereocenters. The molecule has 1 aromatic heterocycles. The minimum absolute atomic E-state index is 0.246. The summed E-state index contributed by atoms with van der Waals surface area (Å²) in [7, 11) is -10.4. The summed E-state index contributed by atoms with van der Waals surface area (Å²) in [6.45, 7) is 0. The molecule has 0 saturated carbocycles. The van der Waals surface area contributed by atoms with Gasteiger partial charge in [-0.1, -0.05) is 18.2 Å². The molecule has 13 nitrogen and oxygen atoms in total. The SMILES string of the molecule is O=S(=O)([O-])c1cc(Nc2nc(Cl)nc(Cl)n2)c2c(O)c(N=Nc3ccccc3)c(S(=O)(=O)[O-])cc2c1. The van der Waals surface area contributed by atoms with Gasteiger partial charge in [0.05, 0.1) is 21.2 Å². The summed E-state index contributed by atoms with van der Waals surface area (Å²) in [5, 5.41) is 19.9. The minimum Gasteiger partial charge on any atom is -0.744 e. The first-order valence-electron chi connectivity index (χ1n) is 9.39. The summed E-state index contributed by atoms with van der Waals surface area (Å²) in [4.78, 5) is 9.26. The van der Waals surface area contributed by atoms with Crippen molar-refractivity contribution in [3.63, 3.8) is 0 Å². The van der Waals surface area contributed by atoms with Gasteiger partial charge in [0, 0.05) is 5.39 Å². The molecule has 0 aliphatic heterocycles. The van der Waals surface area contributed by atoms with Crippen LogP contribution in [0.2, 0.25) is 10.6 Å². The van der Waals surface area contributed by atoms with Gasteiger partial charge in [0.15, 0.2) is 5.75 Å². The first kappa shape index (κ1) is 25.6. The topological polar surface area (TPSA) is 210 Å². The Labute approximate surface area is 213 Å². The highest BCUT2D eigenvalue weighted by Gasteiger charge is 2.22. The zero-order valence-electron chi connectivity index (χ0n) is 17.3. The monoisotopic (exact) mass is 568 g/mol. The van der Waals surface area contributed by atoms with E-state index in [0.29, 0.717) is 0 Å². The van der Waals surface area contributed by atoms with Crippen LogP contribution in [0.4, 0.5) is 23.0 Å². The molecular weight excluding hydrogens is 559 g/mol. The minimum atomic E-state index is -5.26. The molecule has 0 spiro atoms. The molecule has 1 heterocycles. The van der Waals surface area contributed by atoms with Crippen LogP contribution in [0.1, 0.15) is 0 Å². The lowest BCUT2D eigenvalue weighted by Crippen LogP contribution is -2.05. The molecule has 0 unspecified atom stereocenters. The lowest BCUT2D eigenvalue weighted by molar-refractivity contribution is 0.458. The number of fused-ring (bicyclic) bond motifs is 1. The second-order valence-corrected chi connectivity index (χ2v) is 10.3. The van der Waals surface area contributed by atoms with Crippen LogP contribution in [0.25, 0.3) is 10.8 Å². The highest BCUT2D eigenvalue weighted by atomic mass is 35.5. The van der Waals surface area contributed by atoms with E-state index in [2.05, 4.69) is 30.5 Å². The average molecular weight is 569 g/mol. The van der Waals surface area contributed by atoms with Crippen LogP contribution >= 0.6 is 23.2 Å². The largest absolute Gasteiger partial charge is 0.744 e. The van der Waals surface area contributed by atoms with Gasteiger partial charge in [-0.25, -0.2) is 16.8 Å². The Bertz CT molecular complexity index is 1730. The van der Waals surface area contributed by atoms with Crippen molar-refractivity contribution in [1.29, 1.82) is 0 Å². The summed E-state index contributed by atoms with van der Waals surface area (Å²) in [5.74, 6) is -1.18. The smallest absolute Gasteiger partial charge is 0.232 e. The van der Waals surface area contributed by atoms with Crippen molar-refractivity contribution in [1.82, 2.24) is 15.0 Å². The molecule has 17 heteroatoms. The molecule has 0 saturated heterocycles. The number of rotatable bonds is 6. The van der Waals surface area contributed by atoms with Gasteiger partial charge >= 0.3 is 0 Å². The van der Waals surface area contributed by atoms with Crippen LogP contribution in [-0.2, 0) is 20.2 Å². The molecule has 186 valence electrons. The Morgan fingerprint density at radius 1 is 0.861 bits per heavy atom. The summed E-state index contributed by atoms with van der Waals surface area (Å²) >= 11 is 11.5. The summed E-state index contributed by atoms with van der Waals surface area (Å²) < 4.78 is 71.1. The van der Waals surface area contributed by atoms with Gasteiger partial charge in [-0.3, -0.25) is 0 Å². The van der Waals surface area contributed by atoms with Crippen LogP contribution in [0.3, 0.4) is 0 Å². The van der Waals surface area contributed by atoms with Crippen LogP contribution in [0.15, 0.2) is 68.6 Å². The molecular formula is C19H10Cl2N6O7S2-2. The van der Waals surface area contributed by atoms with E-state index < -0.39 is 41.5 Å². The number of nitrogens with zero attached hydrogens (tertiary/aromatic N) is 5. The molecule has 0 fully saturated rings. The lowest BCUT2D eigenvalue weighted by Gasteiger charge is -2.18. The van der Waals surface area contributed by atoms with Crippen LogP contribution in [0, 0.1) is 0 Å². The van der Waals surface area contributed by atoms with E-state index in [0.717, 1.165) is 18.2 Å². The first-order chi connectivity index (χ1) is 16.8. The highest BCUT2D eigenvalue weighted by molar-refractivity contribution is 7.86. The maximum atomic E-state index is 12.0. The van der Waals surface area contributed by atoms with Gasteiger partial charge in [-0.15, -0.1) is 5.11 Å². The first-order valence-corrected chi connectivity index (χ1v) is 13.0. The van der Waals surface area contributed by atoms with Gasteiger partial charge < -0.3 is 19.5 Å². The number of aromatic hydroxyl groups is 1. The van der Waals surface area contributed by atoms with E-state index in [1.54, 1.807) is 18.2 Å². The van der Waals surface area contributed by atoms with E-state index in [1.165, 1.54) is 12.1 Å². The Balaban J connectivity index is 2.05. The van der Waals surface area contributed by atoms with Crippen molar-refractivity contribution >= 4 is 77.2 Å². The number of azo groups is 1. The normalized spacial score (nSPS) is 12.3. The molecule has 4 aromatic rings. The molecule has 36 heavy (non-hydrogen) atoms. The Hall–Kier alpha value is -3.47. The Kier molecular flexibility index (Phi) is 6.78. The number of nitrogens with one attached hydrogen (secondary N) is 1. The lowest BCUT2D eigenvalue weighted by atomic mass is 10.1. The molecule has 0 amide bonds. The fourth-order valence-corrected chi connectivity index (χ4v) is 4.64. The molecule has 0 aliphatic carbocycles. The van der Waals surface area contributed by atoms with Crippen molar-refractivity contribution in [3.8, 4) is 5.75 Å². The number of phenols is 1. The van der Waals surface area contributed by atoms with Crippen LogP contribution in [-0.4, -0.2) is 46.0 Å². The molecule has 0 radical (unpaired) electrons. The van der Waals surface area contributed by atoms with Gasteiger partial charge in [0.1, 0.15) is 25.9 Å². The number of hydrogen-bond donors (Lipinski definition) is 2. The number of benzene rings is 3. The summed E-state index contributed by atoms with van der Waals surface area (Å²) in [5.41, 5.74) is -0.746. The second-order valence-electron chi connectivity index (χ2n) is 6.91. The predicted molar refractivity (Wildman–Crippen MR) is 125 cm³/mol. The molecule has 4 rings (SSSR count). The van der Waals surface area contributed by atoms with Gasteiger partial charge in [0.25, 0.3) is 0 Å². The zero-order chi connectivity index (χ0) is 26.3. The standard InChI is InChI=1S/C19H12Cl2N6O7S2/c20-17-23-18(21)25-19(24-17)22-12-8-11(35(29,30)31)6-9-7-13(36(32,33)34)15(16(28)14(9)12)27-26-10-4-2-1-3-5-10/h1-8,28H,(H,29,30,31)(H,32,33,34)(H,22,23,24,25)/p-2. The number of anilines is 2. The van der Waals surface area contributed by atoms with Crippen molar-refractivity contribution in [2.75, 3.05) is 5.32 Å². The van der Waals surface area contributed by atoms with Crippen LogP contribution in [0.5, 0.6) is 5.75 Å². The van der Waals surface area contributed by atoms with Gasteiger partial charge in [-0.2, -0.15) is 20.1 Å². The summed E-state index contributed by atoms with van der Waals surface area (Å²) in [6, 6.07) is 10.4.